The number of carbonyl (C=O) groups excluding carboxylic acids is 1. The fraction of sp³-hybridized carbons (Fsp3) is 0.318. The van der Waals surface area contributed by atoms with Crippen LogP contribution in [-0.4, -0.2) is 23.8 Å². The summed E-state index contributed by atoms with van der Waals surface area (Å²) in [5, 5.41) is 18.1. The molecule has 0 fully saturated rings. The first-order valence-corrected chi connectivity index (χ1v) is 9.08. The monoisotopic (exact) mass is 377 g/mol. The molecule has 0 saturated carbocycles. The van der Waals surface area contributed by atoms with Crippen molar-refractivity contribution in [3.63, 3.8) is 0 Å². The molecule has 0 saturated heterocycles. The Kier molecular flexibility index (Phi) is 7.42. The number of aryl methyl sites for hydroxylation is 1. The van der Waals surface area contributed by atoms with E-state index in [4.69, 9.17) is 14.7 Å². The highest BCUT2D eigenvalue weighted by molar-refractivity contribution is 5.98. The molecule has 0 amide bonds. The van der Waals surface area contributed by atoms with E-state index in [0.29, 0.717) is 11.3 Å². The van der Waals surface area contributed by atoms with Crippen LogP contribution < -0.4 is 4.74 Å². The van der Waals surface area contributed by atoms with E-state index in [1.165, 1.54) is 0 Å². The molecule has 0 aliphatic carbocycles. The molecule has 0 bridgehead atoms. The van der Waals surface area contributed by atoms with Gasteiger partial charge in [-0.3, -0.25) is 0 Å². The number of hydrogen-bond acceptors (Lipinski definition) is 5. The number of rotatable bonds is 8. The van der Waals surface area contributed by atoms with E-state index in [9.17, 15) is 10.1 Å². The van der Waals surface area contributed by atoms with Crippen LogP contribution in [0.25, 0.3) is 6.08 Å². The molecular formula is C22H23N3O3. The predicted molar refractivity (Wildman–Crippen MR) is 105 cm³/mol. The molecule has 1 aromatic carbocycles. The molecule has 2 rings (SSSR count). The van der Waals surface area contributed by atoms with Crippen LogP contribution >= 0.6 is 0 Å². The molecule has 1 heterocycles. The minimum absolute atomic E-state index is 0.0205. The van der Waals surface area contributed by atoms with Gasteiger partial charge in [-0.2, -0.15) is 10.5 Å². The molecule has 1 aromatic heterocycles. The van der Waals surface area contributed by atoms with Crippen molar-refractivity contribution in [2.45, 2.75) is 33.7 Å². The SMILES string of the molecule is CCCn1c(C)cc(/C=C(\C#N)C(=O)OCCOc2ccc(C#N)cc2)c1C. The second kappa shape index (κ2) is 9.99. The first kappa shape index (κ1) is 20.8. The van der Waals surface area contributed by atoms with Gasteiger partial charge in [-0.05, 0) is 62.2 Å². The van der Waals surface area contributed by atoms with E-state index in [1.54, 1.807) is 30.3 Å². The molecule has 0 aliphatic rings. The van der Waals surface area contributed by atoms with Crippen molar-refractivity contribution in [3.05, 3.63) is 58.4 Å². The third kappa shape index (κ3) is 5.25. The average molecular weight is 377 g/mol. The lowest BCUT2D eigenvalue weighted by molar-refractivity contribution is -0.139. The number of nitrogens with zero attached hydrogens (tertiary/aromatic N) is 3. The number of esters is 1. The highest BCUT2D eigenvalue weighted by atomic mass is 16.6. The van der Waals surface area contributed by atoms with Gasteiger partial charge in [0.25, 0.3) is 0 Å². The molecule has 0 unspecified atom stereocenters. The fourth-order valence-corrected chi connectivity index (χ4v) is 2.83. The van der Waals surface area contributed by atoms with Crippen LogP contribution in [0.1, 0.15) is 35.9 Å². The Morgan fingerprint density at radius 3 is 2.50 bits per heavy atom. The van der Waals surface area contributed by atoms with Crippen LogP contribution in [0.3, 0.4) is 0 Å². The van der Waals surface area contributed by atoms with Crippen molar-refractivity contribution >= 4 is 12.0 Å². The largest absolute Gasteiger partial charge is 0.490 e. The minimum Gasteiger partial charge on any atom is -0.490 e. The maximum Gasteiger partial charge on any atom is 0.349 e. The number of ether oxygens (including phenoxy) is 2. The predicted octanol–water partition coefficient (Wildman–Crippen LogP) is 3.92. The molecule has 6 nitrogen and oxygen atoms in total. The number of hydrogen-bond donors (Lipinski definition) is 0. The van der Waals surface area contributed by atoms with E-state index in [0.717, 1.165) is 29.9 Å². The summed E-state index contributed by atoms with van der Waals surface area (Å²) in [6.45, 7) is 7.15. The van der Waals surface area contributed by atoms with Gasteiger partial charge in [0.05, 0.1) is 11.6 Å². The van der Waals surface area contributed by atoms with Crippen LogP contribution in [0, 0.1) is 36.5 Å². The van der Waals surface area contributed by atoms with Crippen molar-refractivity contribution in [2.75, 3.05) is 13.2 Å². The Morgan fingerprint density at radius 1 is 1.18 bits per heavy atom. The van der Waals surface area contributed by atoms with Gasteiger partial charge in [-0.15, -0.1) is 0 Å². The first-order chi connectivity index (χ1) is 13.5. The third-order valence-corrected chi connectivity index (χ3v) is 4.27. The summed E-state index contributed by atoms with van der Waals surface area (Å²) >= 11 is 0. The number of aromatic nitrogens is 1. The molecule has 0 N–H and O–H groups in total. The van der Waals surface area contributed by atoms with Gasteiger partial charge >= 0.3 is 5.97 Å². The fourth-order valence-electron chi connectivity index (χ4n) is 2.83. The summed E-state index contributed by atoms with van der Waals surface area (Å²) < 4.78 is 12.8. The summed E-state index contributed by atoms with van der Waals surface area (Å²) in [6.07, 6.45) is 2.57. The smallest absolute Gasteiger partial charge is 0.349 e. The molecular weight excluding hydrogens is 354 g/mol. The van der Waals surface area contributed by atoms with Crippen molar-refractivity contribution in [3.8, 4) is 17.9 Å². The summed E-state index contributed by atoms with van der Waals surface area (Å²) in [4.78, 5) is 12.2. The summed E-state index contributed by atoms with van der Waals surface area (Å²) in [6, 6.07) is 12.5. The van der Waals surface area contributed by atoms with E-state index >= 15 is 0 Å². The van der Waals surface area contributed by atoms with Gasteiger partial charge in [-0.1, -0.05) is 6.92 Å². The topological polar surface area (TPSA) is 88.0 Å². The second-order valence-electron chi connectivity index (χ2n) is 6.27. The van der Waals surface area contributed by atoms with Gasteiger partial charge in [-0.25, -0.2) is 4.79 Å². The molecule has 0 radical (unpaired) electrons. The van der Waals surface area contributed by atoms with Gasteiger partial charge in [0, 0.05) is 17.9 Å². The van der Waals surface area contributed by atoms with Crippen LogP contribution in [0.5, 0.6) is 5.75 Å². The molecule has 28 heavy (non-hydrogen) atoms. The van der Waals surface area contributed by atoms with E-state index in [1.807, 2.05) is 32.1 Å². The highest BCUT2D eigenvalue weighted by Gasteiger charge is 2.14. The van der Waals surface area contributed by atoms with Crippen molar-refractivity contribution in [2.24, 2.45) is 0 Å². The lowest BCUT2D eigenvalue weighted by Crippen LogP contribution is -2.13. The van der Waals surface area contributed by atoms with Crippen LogP contribution in [-0.2, 0) is 16.1 Å². The molecule has 144 valence electrons. The lowest BCUT2D eigenvalue weighted by atomic mass is 10.1. The second-order valence-corrected chi connectivity index (χ2v) is 6.27. The molecule has 0 atom stereocenters. The minimum atomic E-state index is -0.675. The van der Waals surface area contributed by atoms with Gasteiger partial charge in [0.2, 0.25) is 0 Å². The standard InChI is InChI=1S/C22H23N3O3/c1-4-9-25-16(2)12-19(17(25)3)13-20(15-24)22(26)28-11-10-27-21-7-5-18(14-23)6-8-21/h5-8,12-13H,4,9-11H2,1-3H3/b20-13+. The lowest BCUT2D eigenvalue weighted by Gasteiger charge is -2.08. The molecule has 0 spiro atoms. The maximum absolute atomic E-state index is 12.2. The summed E-state index contributed by atoms with van der Waals surface area (Å²) in [5.41, 5.74) is 3.44. The zero-order valence-electron chi connectivity index (χ0n) is 16.4. The summed E-state index contributed by atoms with van der Waals surface area (Å²) in [7, 11) is 0. The van der Waals surface area contributed by atoms with Crippen molar-refractivity contribution in [1.29, 1.82) is 10.5 Å². The number of carbonyl (C=O) groups is 1. The normalized spacial score (nSPS) is 10.8. The van der Waals surface area contributed by atoms with Gasteiger partial charge in [0.15, 0.2) is 0 Å². The van der Waals surface area contributed by atoms with Gasteiger partial charge in [0.1, 0.15) is 30.6 Å². The van der Waals surface area contributed by atoms with E-state index < -0.39 is 5.97 Å². The van der Waals surface area contributed by atoms with E-state index in [-0.39, 0.29) is 18.8 Å². The Morgan fingerprint density at radius 2 is 1.89 bits per heavy atom. The Bertz CT molecular complexity index is 941. The summed E-state index contributed by atoms with van der Waals surface area (Å²) in [5.74, 6) is -0.0966. The van der Waals surface area contributed by atoms with Crippen molar-refractivity contribution in [1.82, 2.24) is 4.57 Å². The zero-order chi connectivity index (χ0) is 20.5. The van der Waals surface area contributed by atoms with Crippen LogP contribution in [0.2, 0.25) is 0 Å². The first-order valence-electron chi connectivity index (χ1n) is 9.08. The molecule has 2 aromatic rings. The maximum atomic E-state index is 12.2. The van der Waals surface area contributed by atoms with Gasteiger partial charge < -0.3 is 14.0 Å². The quantitative estimate of drug-likeness (QED) is 0.301. The van der Waals surface area contributed by atoms with Crippen LogP contribution in [0.4, 0.5) is 0 Å². The van der Waals surface area contributed by atoms with Crippen LogP contribution in [0.15, 0.2) is 35.9 Å². The average Bonchev–Trinajstić information content (AvgIpc) is 2.97. The third-order valence-electron chi connectivity index (χ3n) is 4.27. The Balaban J connectivity index is 1.94. The molecule has 0 aliphatic heterocycles. The Hall–Kier alpha value is -3.51. The number of nitriles is 2. The Labute approximate surface area is 165 Å². The zero-order valence-corrected chi connectivity index (χ0v) is 16.4. The molecule has 6 heteroatoms. The highest BCUT2D eigenvalue weighted by Crippen LogP contribution is 2.19. The number of benzene rings is 1. The van der Waals surface area contributed by atoms with Crippen molar-refractivity contribution < 1.29 is 14.3 Å². The van der Waals surface area contributed by atoms with E-state index in [2.05, 4.69) is 11.5 Å².